The lowest BCUT2D eigenvalue weighted by atomic mass is 10.2. The summed E-state index contributed by atoms with van der Waals surface area (Å²) < 4.78 is 5.36. The smallest absolute Gasteiger partial charge is 0.220 e. The van der Waals surface area contributed by atoms with Crippen LogP contribution in [0.1, 0.15) is 46.0 Å². The van der Waals surface area contributed by atoms with Gasteiger partial charge in [0.05, 0.1) is 6.10 Å². The molecule has 1 atom stereocenters. The third-order valence-corrected chi connectivity index (χ3v) is 2.22. The van der Waals surface area contributed by atoms with E-state index in [1.54, 1.807) is 6.92 Å². The highest BCUT2D eigenvalue weighted by molar-refractivity contribution is 5.75. The summed E-state index contributed by atoms with van der Waals surface area (Å²) in [4.78, 5) is 11.2. The number of hydrogen-bond acceptors (Lipinski definition) is 3. The third kappa shape index (κ3) is 11.5. The molecule has 0 aliphatic heterocycles. The molecular weight excluding hydrogens is 206 g/mol. The minimum atomic E-state index is -0.400. The normalized spacial score (nSPS) is 12.4. The molecule has 0 aromatic rings. The first-order valence-corrected chi connectivity index (χ1v) is 6.19. The first kappa shape index (κ1) is 15.4. The monoisotopic (exact) mass is 231 g/mol. The Morgan fingerprint density at radius 2 is 2.06 bits per heavy atom. The second-order valence-electron chi connectivity index (χ2n) is 4.06. The van der Waals surface area contributed by atoms with Gasteiger partial charge in [0.15, 0.2) is 0 Å². The average molecular weight is 231 g/mol. The Morgan fingerprint density at radius 1 is 1.38 bits per heavy atom. The minimum absolute atomic E-state index is 0.00876. The lowest BCUT2D eigenvalue weighted by Crippen LogP contribution is -2.25. The largest absolute Gasteiger partial charge is 0.393 e. The van der Waals surface area contributed by atoms with Crippen LogP contribution >= 0.6 is 0 Å². The summed E-state index contributed by atoms with van der Waals surface area (Å²) in [6.07, 6.45) is 3.62. The van der Waals surface area contributed by atoms with Crippen LogP contribution in [-0.4, -0.2) is 36.9 Å². The first-order valence-electron chi connectivity index (χ1n) is 6.19. The summed E-state index contributed by atoms with van der Waals surface area (Å²) in [5.74, 6) is 0.00876. The van der Waals surface area contributed by atoms with Crippen LogP contribution in [0.4, 0.5) is 0 Å². The van der Waals surface area contributed by atoms with Gasteiger partial charge in [0, 0.05) is 26.2 Å². The molecule has 0 aliphatic carbocycles. The highest BCUT2D eigenvalue weighted by atomic mass is 16.5. The van der Waals surface area contributed by atoms with Crippen molar-refractivity contribution in [1.82, 2.24) is 5.32 Å². The molecule has 96 valence electrons. The predicted octanol–water partition coefficient (Wildman–Crippen LogP) is 1.47. The fraction of sp³-hybridized carbons (Fsp3) is 0.917. The number of rotatable bonds is 10. The number of hydrogen-bond donors (Lipinski definition) is 2. The third-order valence-electron chi connectivity index (χ3n) is 2.22. The van der Waals surface area contributed by atoms with Crippen molar-refractivity contribution in [1.29, 1.82) is 0 Å². The van der Waals surface area contributed by atoms with Crippen LogP contribution in [0.3, 0.4) is 0 Å². The number of aliphatic hydroxyl groups excluding tert-OH is 1. The first-order chi connectivity index (χ1) is 7.66. The molecule has 0 spiro atoms. The molecule has 0 heterocycles. The molecule has 0 saturated heterocycles. The Balaban J connectivity index is 3.15. The van der Waals surface area contributed by atoms with E-state index in [2.05, 4.69) is 12.2 Å². The summed E-state index contributed by atoms with van der Waals surface area (Å²) in [6.45, 7) is 5.99. The fourth-order valence-corrected chi connectivity index (χ4v) is 1.18. The van der Waals surface area contributed by atoms with E-state index in [4.69, 9.17) is 9.84 Å². The highest BCUT2D eigenvalue weighted by Gasteiger charge is 2.02. The molecule has 1 unspecified atom stereocenters. The number of nitrogens with one attached hydrogen (secondary N) is 1. The van der Waals surface area contributed by atoms with Gasteiger partial charge >= 0.3 is 0 Å². The van der Waals surface area contributed by atoms with Crippen molar-refractivity contribution in [2.45, 2.75) is 52.1 Å². The molecule has 0 fully saturated rings. The average Bonchev–Trinajstić information content (AvgIpc) is 2.25. The molecule has 4 heteroatoms. The van der Waals surface area contributed by atoms with Gasteiger partial charge in [-0.3, -0.25) is 4.79 Å². The van der Waals surface area contributed by atoms with Gasteiger partial charge in [-0.25, -0.2) is 0 Å². The van der Waals surface area contributed by atoms with E-state index in [-0.39, 0.29) is 5.91 Å². The fourth-order valence-electron chi connectivity index (χ4n) is 1.18. The summed E-state index contributed by atoms with van der Waals surface area (Å²) in [5, 5.41) is 11.8. The highest BCUT2D eigenvalue weighted by Crippen LogP contribution is 1.95. The molecule has 0 radical (unpaired) electrons. The van der Waals surface area contributed by atoms with Crippen LogP contribution < -0.4 is 5.32 Å². The zero-order chi connectivity index (χ0) is 12.2. The van der Waals surface area contributed by atoms with E-state index in [1.807, 2.05) is 0 Å². The van der Waals surface area contributed by atoms with Gasteiger partial charge in [0.1, 0.15) is 0 Å². The number of carbonyl (C=O) groups excluding carboxylic acids is 1. The molecule has 0 rings (SSSR count). The van der Waals surface area contributed by atoms with Crippen LogP contribution in [0, 0.1) is 0 Å². The van der Waals surface area contributed by atoms with Gasteiger partial charge in [0.2, 0.25) is 5.91 Å². The number of unbranched alkanes of at least 4 members (excludes halogenated alkanes) is 1. The summed E-state index contributed by atoms with van der Waals surface area (Å²) in [7, 11) is 0. The SMILES string of the molecule is CCCCOCCCNC(=O)CCC(C)O. The molecule has 16 heavy (non-hydrogen) atoms. The molecule has 0 aromatic carbocycles. The van der Waals surface area contributed by atoms with Gasteiger partial charge in [-0.1, -0.05) is 13.3 Å². The molecular formula is C12H25NO3. The van der Waals surface area contributed by atoms with E-state index < -0.39 is 6.10 Å². The van der Waals surface area contributed by atoms with Crippen LogP contribution in [0.15, 0.2) is 0 Å². The second-order valence-corrected chi connectivity index (χ2v) is 4.06. The van der Waals surface area contributed by atoms with Crippen molar-refractivity contribution in [2.24, 2.45) is 0 Å². The molecule has 0 aromatic heterocycles. The number of aliphatic hydroxyl groups is 1. The number of amides is 1. The summed E-state index contributed by atoms with van der Waals surface area (Å²) >= 11 is 0. The van der Waals surface area contributed by atoms with Gasteiger partial charge in [-0.15, -0.1) is 0 Å². The van der Waals surface area contributed by atoms with Crippen molar-refractivity contribution in [3.05, 3.63) is 0 Å². The number of ether oxygens (including phenoxy) is 1. The van der Waals surface area contributed by atoms with Crippen molar-refractivity contribution in [3.8, 4) is 0 Å². The standard InChI is InChI=1S/C12H25NO3/c1-3-4-9-16-10-5-8-13-12(15)7-6-11(2)14/h11,14H,3-10H2,1-2H3,(H,13,15). The van der Waals surface area contributed by atoms with Crippen LogP contribution in [0.25, 0.3) is 0 Å². The molecule has 0 bridgehead atoms. The molecule has 2 N–H and O–H groups in total. The van der Waals surface area contributed by atoms with Gasteiger partial charge in [0.25, 0.3) is 0 Å². The molecule has 0 aliphatic rings. The maximum Gasteiger partial charge on any atom is 0.220 e. The maximum absolute atomic E-state index is 11.2. The minimum Gasteiger partial charge on any atom is -0.393 e. The summed E-state index contributed by atoms with van der Waals surface area (Å²) in [5.41, 5.74) is 0. The topological polar surface area (TPSA) is 58.6 Å². The Kier molecular flexibility index (Phi) is 10.5. The van der Waals surface area contributed by atoms with Crippen molar-refractivity contribution in [2.75, 3.05) is 19.8 Å². The molecule has 1 amide bonds. The van der Waals surface area contributed by atoms with Crippen LogP contribution in [-0.2, 0) is 9.53 Å². The Labute approximate surface area is 98.4 Å². The van der Waals surface area contributed by atoms with Gasteiger partial charge in [-0.05, 0) is 26.2 Å². The Hall–Kier alpha value is -0.610. The van der Waals surface area contributed by atoms with Gasteiger partial charge in [-0.2, -0.15) is 0 Å². The lowest BCUT2D eigenvalue weighted by molar-refractivity contribution is -0.121. The van der Waals surface area contributed by atoms with E-state index in [1.165, 1.54) is 0 Å². The molecule has 4 nitrogen and oxygen atoms in total. The number of carbonyl (C=O) groups is 1. The van der Waals surface area contributed by atoms with E-state index >= 15 is 0 Å². The maximum atomic E-state index is 11.2. The summed E-state index contributed by atoms with van der Waals surface area (Å²) in [6, 6.07) is 0. The van der Waals surface area contributed by atoms with Crippen LogP contribution in [0.5, 0.6) is 0 Å². The van der Waals surface area contributed by atoms with E-state index in [9.17, 15) is 4.79 Å². The Bertz CT molecular complexity index is 172. The zero-order valence-corrected chi connectivity index (χ0v) is 10.5. The molecule has 0 saturated carbocycles. The Morgan fingerprint density at radius 3 is 2.69 bits per heavy atom. The predicted molar refractivity (Wildman–Crippen MR) is 64.3 cm³/mol. The van der Waals surface area contributed by atoms with Crippen molar-refractivity contribution >= 4 is 5.91 Å². The van der Waals surface area contributed by atoms with E-state index in [0.717, 1.165) is 25.9 Å². The zero-order valence-electron chi connectivity index (χ0n) is 10.5. The second kappa shape index (κ2) is 10.9. The van der Waals surface area contributed by atoms with Gasteiger partial charge < -0.3 is 15.2 Å². The van der Waals surface area contributed by atoms with Crippen molar-refractivity contribution < 1.29 is 14.6 Å². The van der Waals surface area contributed by atoms with Crippen molar-refractivity contribution in [3.63, 3.8) is 0 Å². The lowest BCUT2D eigenvalue weighted by Gasteiger charge is -2.06. The van der Waals surface area contributed by atoms with E-state index in [0.29, 0.717) is 26.0 Å². The quantitative estimate of drug-likeness (QED) is 0.560. The van der Waals surface area contributed by atoms with Crippen LogP contribution in [0.2, 0.25) is 0 Å².